The van der Waals surface area contributed by atoms with Crippen LogP contribution in [0.1, 0.15) is 38.2 Å². The van der Waals surface area contributed by atoms with Crippen LogP contribution in [0.5, 0.6) is 5.75 Å². The predicted molar refractivity (Wildman–Crippen MR) is 133 cm³/mol. The van der Waals surface area contributed by atoms with E-state index in [0.29, 0.717) is 33.8 Å². The summed E-state index contributed by atoms with van der Waals surface area (Å²) in [5, 5.41) is 1.75. The molecule has 0 bridgehead atoms. The van der Waals surface area contributed by atoms with Crippen LogP contribution >= 0.6 is 34.8 Å². The maximum absolute atomic E-state index is 6.40. The van der Waals surface area contributed by atoms with E-state index in [1.54, 1.807) is 41.7 Å². The highest BCUT2D eigenvalue weighted by atomic mass is 35.5. The smallest absolute Gasteiger partial charge is 0.234 e. The second-order valence-corrected chi connectivity index (χ2v) is 9.68. The molecule has 1 fully saturated rings. The van der Waals surface area contributed by atoms with Crippen LogP contribution in [0.15, 0.2) is 61.2 Å². The molecule has 6 nitrogen and oxygen atoms in total. The van der Waals surface area contributed by atoms with Gasteiger partial charge >= 0.3 is 0 Å². The topological polar surface area (TPSA) is 54.7 Å². The van der Waals surface area contributed by atoms with Crippen molar-refractivity contribution in [1.29, 1.82) is 0 Å². The van der Waals surface area contributed by atoms with E-state index in [4.69, 9.17) is 53.9 Å². The molecule has 3 aromatic rings. The van der Waals surface area contributed by atoms with Crippen molar-refractivity contribution in [3.05, 3.63) is 81.8 Å². The van der Waals surface area contributed by atoms with Crippen molar-refractivity contribution >= 4 is 34.8 Å². The first-order chi connectivity index (χ1) is 16.4. The molecule has 1 aliphatic heterocycles. The van der Waals surface area contributed by atoms with Gasteiger partial charge in [-0.25, -0.2) is 4.98 Å². The van der Waals surface area contributed by atoms with Crippen LogP contribution in [0.3, 0.4) is 0 Å². The number of nitrogens with zero attached hydrogens (tertiary/aromatic N) is 2. The van der Waals surface area contributed by atoms with E-state index in [0.717, 1.165) is 31.2 Å². The van der Waals surface area contributed by atoms with Crippen LogP contribution in [0.4, 0.5) is 0 Å². The van der Waals surface area contributed by atoms with Crippen molar-refractivity contribution in [3.63, 3.8) is 0 Å². The lowest BCUT2D eigenvalue weighted by atomic mass is 10.0. The number of hydrogen-bond donors (Lipinski definition) is 0. The van der Waals surface area contributed by atoms with E-state index in [1.807, 2.05) is 31.2 Å². The Kier molecular flexibility index (Phi) is 8.61. The number of rotatable bonds is 10. The Labute approximate surface area is 214 Å². The molecular weight excluding hydrogens is 499 g/mol. The van der Waals surface area contributed by atoms with E-state index in [1.165, 1.54) is 0 Å². The van der Waals surface area contributed by atoms with Gasteiger partial charge in [-0.3, -0.25) is 0 Å². The number of aryl methyl sites for hydroxylation is 1. The van der Waals surface area contributed by atoms with Crippen molar-refractivity contribution in [2.45, 2.75) is 57.2 Å². The van der Waals surface area contributed by atoms with Gasteiger partial charge in [0.05, 0.1) is 17.3 Å². The molecule has 2 aromatic carbocycles. The number of benzene rings is 2. The fourth-order valence-corrected chi connectivity index (χ4v) is 4.39. The van der Waals surface area contributed by atoms with Gasteiger partial charge in [-0.1, -0.05) is 46.9 Å². The molecule has 1 saturated heterocycles. The van der Waals surface area contributed by atoms with Gasteiger partial charge in [0.15, 0.2) is 6.29 Å². The van der Waals surface area contributed by atoms with Gasteiger partial charge in [-0.2, -0.15) is 4.73 Å². The molecule has 34 heavy (non-hydrogen) atoms. The third-order valence-electron chi connectivity index (χ3n) is 5.57. The average Bonchev–Trinajstić information content (AvgIpc) is 3.31. The standard InChI is InChI=1S/C25H27Cl3N2O4/c1-25(34-30-14-13-29-17-30,12-11-18-5-7-19(26)8-6-18)33-24-4-2-3-21(32-24)16-31-23-10-9-20(27)15-22(23)28/h5-10,13-15,17,21,24H,2-4,11-12,16H2,1H3/t21-,24+,25?/m1/s1. The van der Waals surface area contributed by atoms with Crippen LogP contribution in [-0.4, -0.2) is 34.5 Å². The molecule has 0 saturated carbocycles. The zero-order chi connectivity index (χ0) is 24.0. The van der Waals surface area contributed by atoms with Gasteiger partial charge in [0.25, 0.3) is 0 Å². The molecule has 1 aliphatic rings. The molecule has 0 aliphatic carbocycles. The van der Waals surface area contributed by atoms with Crippen molar-refractivity contribution in [2.24, 2.45) is 0 Å². The first kappa shape index (κ1) is 25.1. The van der Waals surface area contributed by atoms with Gasteiger partial charge in [0.2, 0.25) is 5.79 Å². The van der Waals surface area contributed by atoms with Gasteiger partial charge in [0, 0.05) is 29.6 Å². The SMILES string of the molecule is CC(CCc1ccc(Cl)cc1)(O[C@H]1CCC[C@H](COc2ccc(Cl)cc2Cl)O1)On1ccnc1. The van der Waals surface area contributed by atoms with Gasteiger partial charge in [0.1, 0.15) is 18.7 Å². The Balaban J connectivity index is 1.37. The lowest BCUT2D eigenvalue weighted by Gasteiger charge is -2.37. The lowest BCUT2D eigenvalue weighted by molar-refractivity contribution is -0.321. The van der Waals surface area contributed by atoms with Gasteiger partial charge in [-0.15, -0.1) is 0 Å². The molecule has 2 heterocycles. The van der Waals surface area contributed by atoms with Gasteiger partial charge < -0.3 is 19.0 Å². The largest absolute Gasteiger partial charge is 0.489 e. The van der Waals surface area contributed by atoms with Crippen LogP contribution in [-0.2, 0) is 15.9 Å². The molecule has 4 rings (SSSR count). The highest BCUT2D eigenvalue weighted by molar-refractivity contribution is 6.35. The highest BCUT2D eigenvalue weighted by Gasteiger charge is 2.35. The maximum atomic E-state index is 6.40. The number of hydrogen-bond acceptors (Lipinski definition) is 5. The van der Waals surface area contributed by atoms with Crippen LogP contribution < -0.4 is 9.57 Å². The average molecular weight is 526 g/mol. The van der Waals surface area contributed by atoms with E-state index < -0.39 is 12.1 Å². The molecule has 1 unspecified atom stereocenters. The third-order valence-corrected chi connectivity index (χ3v) is 6.35. The monoisotopic (exact) mass is 524 g/mol. The normalized spacial score (nSPS) is 20.0. The molecule has 0 N–H and O–H groups in total. The zero-order valence-electron chi connectivity index (χ0n) is 18.8. The van der Waals surface area contributed by atoms with Gasteiger partial charge in [-0.05, 0) is 61.6 Å². The molecule has 3 atom stereocenters. The Bertz CT molecular complexity index is 1050. The second-order valence-electron chi connectivity index (χ2n) is 8.40. The van der Waals surface area contributed by atoms with Crippen LogP contribution in [0.2, 0.25) is 15.1 Å². The first-order valence-corrected chi connectivity index (χ1v) is 12.3. The van der Waals surface area contributed by atoms with E-state index in [2.05, 4.69) is 4.98 Å². The van der Waals surface area contributed by atoms with Crippen LogP contribution in [0, 0.1) is 0 Å². The molecule has 1 aromatic heterocycles. The van der Waals surface area contributed by atoms with Crippen molar-refractivity contribution in [2.75, 3.05) is 6.61 Å². The first-order valence-electron chi connectivity index (χ1n) is 11.2. The number of halogens is 3. The van der Waals surface area contributed by atoms with E-state index in [-0.39, 0.29) is 6.10 Å². The summed E-state index contributed by atoms with van der Waals surface area (Å²) >= 11 is 18.2. The summed E-state index contributed by atoms with van der Waals surface area (Å²) in [6.07, 6.45) is 8.37. The summed E-state index contributed by atoms with van der Waals surface area (Å²) in [7, 11) is 0. The van der Waals surface area contributed by atoms with E-state index >= 15 is 0 Å². The third kappa shape index (κ3) is 7.27. The van der Waals surface area contributed by atoms with Crippen molar-refractivity contribution in [3.8, 4) is 5.75 Å². The maximum Gasteiger partial charge on any atom is 0.234 e. The minimum absolute atomic E-state index is 0.126. The molecule has 0 radical (unpaired) electrons. The molecule has 0 spiro atoms. The Morgan fingerprint density at radius 1 is 1.09 bits per heavy atom. The molecule has 0 amide bonds. The fraction of sp³-hybridized carbons (Fsp3) is 0.400. The summed E-state index contributed by atoms with van der Waals surface area (Å²) in [5.41, 5.74) is 1.14. The zero-order valence-corrected chi connectivity index (χ0v) is 21.1. The minimum Gasteiger partial charge on any atom is -0.489 e. The number of ether oxygens (including phenoxy) is 3. The second kappa shape index (κ2) is 11.6. The van der Waals surface area contributed by atoms with Crippen molar-refractivity contribution < 1.29 is 19.0 Å². The predicted octanol–water partition coefficient (Wildman–Crippen LogP) is 6.61. The van der Waals surface area contributed by atoms with Crippen LogP contribution in [0.25, 0.3) is 0 Å². The quantitative estimate of drug-likeness (QED) is 0.279. The number of aromatic nitrogens is 2. The lowest BCUT2D eigenvalue weighted by Crippen LogP contribution is -2.46. The van der Waals surface area contributed by atoms with E-state index in [9.17, 15) is 0 Å². The fourth-order valence-electron chi connectivity index (χ4n) is 3.80. The summed E-state index contributed by atoms with van der Waals surface area (Å²) in [6, 6.07) is 12.9. The minimum atomic E-state index is -0.937. The van der Waals surface area contributed by atoms with Crippen molar-refractivity contribution in [1.82, 2.24) is 9.71 Å². The summed E-state index contributed by atoms with van der Waals surface area (Å²) in [6.45, 7) is 2.28. The highest BCUT2D eigenvalue weighted by Crippen LogP contribution is 2.30. The Morgan fingerprint density at radius 3 is 2.62 bits per heavy atom. The number of imidazole rings is 1. The Morgan fingerprint density at radius 2 is 1.88 bits per heavy atom. The Hall–Kier alpha value is -1.96. The molecule has 9 heteroatoms. The summed E-state index contributed by atoms with van der Waals surface area (Å²) in [5.74, 6) is -0.360. The molecule has 182 valence electrons. The molecular formula is C25H27Cl3N2O4. The summed E-state index contributed by atoms with van der Waals surface area (Å²) in [4.78, 5) is 10.2. The summed E-state index contributed by atoms with van der Waals surface area (Å²) < 4.78 is 20.1.